The zero-order chi connectivity index (χ0) is 10.8. The van der Waals surface area contributed by atoms with Crippen LogP contribution < -0.4 is 0 Å². The molecule has 78 valence electrons. The van der Waals surface area contributed by atoms with Crippen LogP contribution in [0.15, 0.2) is 34.9 Å². The fourth-order valence-corrected chi connectivity index (χ4v) is 2.15. The van der Waals surface area contributed by atoms with E-state index in [0.717, 1.165) is 21.4 Å². The van der Waals surface area contributed by atoms with Gasteiger partial charge in [-0.25, -0.2) is 13.8 Å². The number of hydrogen-bond donors (Lipinski definition) is 0. The molecule has 0 saturated carbocycles. The van der Waals surface area contributed by atoms with E-state index >= 15 is 0 Å². The zero-order valence-corrected chi connectivity index (χ0v) is 9.86. The Kier molecular flexibility index (Phi) is 3.11. The van der Waals surface area contributed by atoms with Crippen LogP contribution in [0.1, 0.15) is 11.3 Å². The van der Waals surface area contributed by atoms with Crippen molar-refractivity contribution in [2.45, 2.75) is 6.43 Å². The molecule has 0 radical (unpaired) electrons. The van der Waals surface area contributed by atoms with Crippen LogP contribution in [0.4, 0.5) is 8.78 Å². The molecule has 0 aliphatic rings. The van der Waals surface area contributed by atoms with Gasteiger partial charge in [-0.05, 0) is 12.1 Å². The third kappa shape index (κ3) is 2.41. The highest BCUT2D eigenvalue weighted by atomic mass is 79.9. The normalized spacial score (nSPS) is 10.9. The Bertz CT molecular complexity index is 453. The molecular weight excluding hydrogens is 284 g/mol. The van der Waals surface area contributed by atoms with E-state index < -0.39 is 6.43 Å². The topological polar surface area (TPSA) is 12.9 Å². The molecule has 1 aromatic carbocycles. The molecule has 0 aliphatic carbocycles. The maximum atomic E-state index is 12.3. The number of aromatic nitrogens is 1. The second-order valence-electron chi connectivity index (χ2n) is 2.88. The third-order valence-corrected chi connectivity index (χ3v) is 3.41. The number of alkyl halides is 2. The van der Waals surface area contributed by atoms with E-state index in [9.17, 15) is 8.78 Å². The van der Waals surface area contributed by atoms with Crippen LogP contribution in [-0.4, -0.2) is 4.98 Å². The van der Waals surface area contributed by atoms with Crippen molar-refractivity contribution in [3.05, 3.63) is 39.8 Å². The predicted molar refractivity (Wildman–Crippen MR) is 60.2 cm³/mol. The van der Waals surface area contributed by atoms with Crippen molar-refractivity contribution >= 4 is 27.3 Å². The molecule has 0 aliphatic heterocycles. The van der Waals surface area contributed by atoms with Crippen molar-refractivity contribution in [2.24, 2.45) is 0 Å². The van der Waals surface area contributed by atoms with Crippen LogP contribution in [-0.2, 0) is 0 Å². The molecule has 1 nitrogen and oxygen atoms in total. The van der Waals surface area contributed by atoms with Crippen LogP contribution >= 0.6 is 27.3 Å². The SMILES string of the molecule is FC(F)c1cnc(-c2ccc(Br)cc2)s1. The number of halogens is 3. The first-order valence-corrected chi connectivity index (χ1v) is 5.77. The number of hydrogen-bond acceptors (Lipinski definition) is 2. The van der Waals surface area contributed by atoms with E-state index in [-0.39, 0.29) is 4.88 Å². The second-order valence-corrected chi connectivity index (χ2v) is 4.85. The third-order valence-electron chi connectivity index (χ3n) is 1.83. The molecule has 15 heavy (non-hydrogen) atoms. The molecule has 0 saturated heterocycles. The first kappa shape index (κ1) is 10.7. The number of rotatable bonds is 2. The van der Waals surface area contributed by atoms with E-state index in [1.165, 1.54) is 6.20 Å². The van der Waals surface area contributed by atoms with Gasteiger partial charge in [0.2, 0.25) is 0 Å². The summed E-state index contributed by atoms with van der Waals surface area (Å²) in [5.41, 5.74) is 0.857. The first-order chi connectivity index (χ1) is 7.16. The first-order valence-electron chi connectivity index (χ1n) is 4.16. The average Bonchev–Trinajstić information content (AvgIpc) is 2.68. The lowest BCUT2D eigenvalue weighted by Crippen LogP contribution is -1.73. The van der Waals surface area contributed by atoms with Crippen LogP contribution in [0, 0.1) is 0 Å². The van der Waals surface area contributed by atoms with Gasteiger partial charge in [0.25, 0.3) is 6.43 Å². The van der Waals surface area contributed by atoms with Gasteiger partial charge in [0, 0.05) is 16.2 Å². The van der Waals surface area contributed by atoms with Crippen molar-refractivity contribution in [2.75, 3.05) is 0 Å². The van der Waals surface area contributed by atoms with E-state index in [1.807, 2.05) is 24.3 Å². The van der Waals surface area contributed by atoms with Crippen LogP contribution in [0.2, 0.25) is 0 Å². The van der Waals surface area contributed by atoms with Crippen molar-refractivity contribution in [1.82, 2.24) is 4.98 Å². The summed E-state index contributed by atoms with van der Waals surface area (Å²) in [5.74, 6) is 0. The van der Waals surface area contributed by atoms with Crippen LogP contribution in [0.5, 0.6) is 0 Å². The lowest BCUT2D eigenvalue weighted by atomic mass is 10.2. The Labute approximate surface area is 97.9 Å². The average molecular weight is 290 g/mol. The van der Waals surface area contributed by atoms with Crippen molar-refractivity contribution in [3.8, 4) is 10.6 Å². The Morgan fingerprint density at radius 2 is 1.87 bits per heavy atom. The van der Waals surface area contributed by atoms with Crippen LogP contribution in [0.25, 0.3) is 10.6 Å². The van der Waals surface area contributed by atoms with Gasteiger partial charge in [0.05, 0.1) is 4.88 Å². The fourth-order valence-electron chi connectivity index (χ4n) is 1.11. The summed E-state index contributed by atoms with van der Waals surface area (Å²) in [6.07, 6.45) is -1.21. The monoisotopic (exact) mass is 289 g/mol. The van der Waals surface area contributed by atoms with Gasteiger partial charge < -0.3 is 0 Å². The summed E-state index contributed by atoms with van der Waals surface area (Å²) in [7, 11) is 0. The Morgan fingerprint density at radius 3 is 2.40 bits per heavy atom. The van der Waals surface area contributed by atoms with Crippen molar-refractivity contribution in [1.29, 1.82) is 0 Å². The lowest BCUT2D eigenvalue weighted by molar-refractivity contribution is 0.155. The van der Waals surface area contributed by atoms with E-state index in [4.69, 9.17) is 0 Å². The molecule has 2 rings (SSSR count). The maximum absolute atomic E-state index is 12.3. The highest BCUT2D eigenvalue weighted by Crippen LogP contribution is 2.31. The highest BCUT2D eigenvalue weighted by molar-refractivity contribution is 9.10. The minimum atomic E-state index is -2.44. The number of thiazole rings is 1. The molecule has 5 heteroatoms. The van der Waals surface area contributed by atoms with E-state index in [1.54, 1.807) is 0 Å². The predicted octanol–water partition coefficient (Wildman–Crippen LogP) is 4.51. The summed E-state index contributed by atoms with van der Waals surface area (Å²) in [6, 6.07) is 7.41. The molecule has 0 unspecified atom stereocenters. The summed E-state index contributed by atoms with van der Waals surface area (Å²) >= 11 is 4.33. The van der Waals surface area contributed by atoms with Gasteiger partial charge in [0.15, 0.2) is 0 Å². The zero-order valence-electron chi connectivity index (χ0n) is 7.45. The van der Waals surface area contributed by atoms with Crippen LogP contribution in [0.3, 0.4) is 0 Å². The van der Waals surface area contributed by atoms with Crippen molar-refractivity contribution in [3.63, 3.8) is 0 Å². The van der Waals surface area contributed by atoms with Crippen molar-refractivity contribution < 1.29 is 8.78 Å². The fraction of sp³-hybridized carbons (Fsp3) is 0.100. The molecule has 0 N–H and O–H groups in total. The molecular formula is C10H6BrF2NS. The molecule has 0 fully saturated rings. The maximum Gasteiger partial charge on any atom is 0.274 e. The summed E-state index contributed by atoms with van der Waals surface area (Å²) < 4.78 is 25.6. The Morgan fingerprint density at radius 1 is 1.20 bits per heavy atom. The van der Waals surface area contributed by atoms with Gasteiger partial charge >= 0.3 is 0 Å². The van der Waals surface area contributed by atoms with E-state index in [2.05, 4.69) is 20.9 Å². The smallest absolute Gasteiger partial charge is 0.244 e. The molecule has 0 bridgehead atoms. The second kappa shape index (κ2) is 4.37. The minimum absolute atomic E-state index is 0.00733. The molecule has 1 aromatic heterocycles. The number of benzene rings is 1. The summed E-state index contributed by atoms with van der Waals surface area (Å²) in [6.45, 7) is 0. The molecule has 1 heterocycles. The Hall–Kier alpha value is -0.810. The van der Waals surface area contributed by atoms with Gasteiger partial charge in [-0.15, -0.1) is 11.3 Å². The summed E-state index contributed by atoms with van der Waals surface area (Å²) in [5, 5.41) is 0.623. The minimum Gasteiger partial charge on any atom is -0.244 e. The van der Waals surface area contributed by atoms with E-state index in [0.29, 0.717) is 5.01 Å². The van der Waals surface area contributed by atoms with Gasteiger partial charge in [-0.2, -0.15) is 0 Å². The standard InChI is InChI=1S/C10H6BrF2NS/c11-7-3-1-6(2-4-7)10-14-5-8(15-10)9(12)13/h1-5,9H. The summed E-state index contributed by atoms with van der Waals surface area (Å²) in [4.78, 5) is 3.97. The molecule has 0 atom stereocenters. The van der Waals surface area contributed by atoms with Gasteiger partial charge in [0.1, 0.15) is 5.01 Å². The quantitative estimate of drug-likeness (QED) is 0.793. The highest BCUT2D eigenvalue weighted by Gasteiger charge is 2.12. The molecule has 0 spiro atoms. The lowest BCUT2D eigenvalue weighted by Gasteiger charge is -1.95. The molecule has 0 amide bonds. The van der Waals surface area contributed by atoms with Gasteiger partial charge in [-0.3, -0.25) is 0 Å². The Balaban J connectivity index is 2.33. The number of nitrogens with zero attached hydrogens (tertiary/aromatic N) is 1. The molecule has 2 aromatic rings. The largest absolute Gasteiger partial charge is 0.274 e. The van der Waals surface area contributed by atoms with Gasteiger partial charge in [-0.1, -0.05) is 28.1 Å².